The van der Waals surface area contributed by atoms with E-state index in [0.29, 0.717) is 55.3 Å². The summed E-state index contributed by atoms with van der Waals surface area (Å²) >= 11 is 0. The molecular formula is C25H34FN3O3. The molecule has 2 saturated heterocycles. The third-order valence-electron chi connectivity index (χ3n) is 8.13. The van der Waals surface area contributed by atoms with Crippen LogP contribution in [0, 0.1) is 36.4 Å². The zero-order valence-corrected chi connectivity index (χ0v) is 19.1. The van der Waals surface area contributed by atoms with Gasteiger partial charge in [-0.05, 0) is 56.2 Å². The molecule has 5 rings (SSSR count). The monoisotopic (exact) mass is 443 g/mol. The fourth-order valence-electron chi connectivity index (χ4n) is 6.03. The van der Waals surface area contributed by atoms with E-state index in [4.69, 9.17) is 4.74 Å². The molecule has 1 aromatic carbocycles. The Kier molecular flexibility index (Phi) is 5.97. The summed E-state index contributed by atoms with van der Waals surface area (Å²) in [6.45, 7) is 7.97. The summed E-state index contributed by atoms with van der Waals surface area (Å²) in [5.74, 6) is 1.01. The summed E-state index contributed by atoms with van der Waals surface area (Å²) in [4.78, 5) is 29.8. The number of fused-ring (bicyclic) bond motifs is 1. The van der Waals surface area contributed by atoms with Gasteiger partial charge in [0.05, 0.1) is 13.2 Å². The topological polar surface area (TPSA) is 61.9 Å². The van der Waals surface area contributed by atoms with Crippen LogP contribution in [0.5, 0.6) is 0 Å². The van der Waals surface area contributed by atoms with E-state index in [1.807, 2.05) is 11.8 Å². The van der Waals surface area contributed by atoms with E-state index in [9.17, 15) is 14.0 Å². The molecule has 2 aliphatic carbocycles. The number of carbonyl (C=O) groups excluding carboxylic acids is 2. The number of hydrogen-bond acceptors (Lipinski definition) is 4. The molecule has 1 aromatic rings. The van der Waals surface area contributed by atoms with E-state index in [-0.39, 0.29) is 29.6 Å². The second-order valence-corrected chi connectivity index (χ2v) is 10.2. The molecule has 3 unspecified atom stereocenters. The maximum atomic E-state index is 14.8. The van der Waals surface area contributed by atoms with E-state index in [0.717, 1.165) is 44.3 Å². The Bertz CT molecular complexity index is 891. The van der Waals surface area contributed by atoms with Gasteiger partial charge in [-0.25, -0.2) is 4.39 Å². The van der Waals surface area contributed by atoms with Crippen molar-refractivity contribution in [1.29, 1.82) is 0 Å². The van der Waals surface area contributed by atoms with Crippen LogP contribution < -0.4 is 5.32 Å². The highest BCUT2D eigenvalue weighted by Gasteiger charge is 2.58. The number of rotatable bonds is 5. The van der Waals surface area contributed by atoms with Gasteiger partial charge in [-0.15, -0.1) is 0 Å². The van der Waals surface area contributed by atoms with Crippen molar-refractivity contribution in [2.75, 3.05) is 38.2 Å². The van der Waals surface area contributed by atoms with E-state index >= 15 is 0 Å². The SMILES string of the molecule is Cc1c(NC(=O)C2C3COCC32)ccc(F)c1CN1CCN(C(=O)C2CCCC2)C(C)C1. The number of nitrogens with zero attached hydrogens (tertiary/aromatic N) is 2. The van der Waals surface area contributed by atoms with Gasteiger partial charge in [0.2, 0.25) is 11.8 Å². The van der Waals surface area contributed by atoms with Crippen molar-refractivity contribution < 1.29 is 18.7 Å². The quantitative estimate of drug-likeness (QED) is 0.759. The lowest BCUT2D eigenvalue weighted by molar-refractivity contribution is -0.140. The summed E-state index contributed by atoms with van der Waals surface area (Å²) in [6.07, 6.45) is 4.35. The van der Waals surface area contributed by atoms with Crippen LogP contribution in [0.1, 0.15) is 43.7 Å². The van der Waals surface area contributed by atoms with Crippen LogP contribution in [-0.4, -0.2) is 60.5 Å². The molecule has 1 N–H and O–H groups in total. The third kappa shape index (κ3) is 4.05. The summed E-state index contributed by atoms with van der Waals surface area (Å²) < 4.78 is 20.1. The van der Waals surface area contributed by atoms with Crippen LogP contribution in [0.3, 0.4) is 0 Å². The number of benzene rings is 1. The molecular weight excluding hydrogens is 409 g/mol. The Labute approximate surface area is 189 Å². The molecule has 32 heavy (non-hydrogen) atoms. The first-order valence-corrected chi connectivity index (χ1v) is 12.1. The largest absolute Gasteiger partial charge is 0.381 e. The lowest BCUT2D eigenvalue weighted by atomic mass is 10.0. The molecule has 0 radical (unpaired) electrons. The minimum Gasteiger partial charge on any atom is -0.381 e. The minimum atomic E-state index is -0.241. The van der Waals surface area contributed by atoms with E-state index in [1.165, 1.54) is 6.07 Å². The molecule has 6 nitrogen and oxygen atoms in total. The van der Waals surface area contributed by atoms with Crippen LogP contribution in [0.15, 0.2) is 12.1 Å². The van der Waals surface area contributed by atoms with Crippen LogP contribution >= 0.6 is 0 Å². The summed E-state index contributed by atoms with van der Waals surface area (Å²) in [7, 11) is 0. The van der Waals surface area contributed by atoms with Gasteiger partial charge in [0.15, 0.2) is 0 Å². The maximum Gasteiger partial charge on any atom is 0.228 e. The van der Waals surface area contributed by atoms with Crippen molar-refractivity contribution >= 4 is 17.5 Å². The van der Waals surface area contributed by atoms with Crippen LogP contribution in [0.2, 0.25) is 0 Å². The van der Waals surface area contributed by atoms with Crippen LogP contribution in [0.25, 0.3) is 0 Å². The second-order valence-electron chi connectivity index (χ2n) is 10.2. The number of halogens is 1. The molecule has 2 aliphatic heterocycles. The predicted octanol–water partition coefficient (Wildman–Crippen LogP) is 3.19. The third-order valence-corrected chi connectivity index (χ3v) is 8.13. The Balaban J connectivity index is 1.22. The van der Waals surface area contributed by atoms with E-state index in [1.54, 1.807) is 6.07 Å². The van der Waals surface area contributed by atoms with Gasteiger partial charge in [-0.1, -0.05) is 12.8 Å². The zero-order valence-electron chi connectivity index (χ0n) is 19.1. The number of hydrogen-bond donors (Lipinski definition) is 1. The molecule has 4 fully saturated rings. The highest BCUT2D eigenvalue weighted by Crippen LogP contribution is 2.51. The molecule has 0 aromatic heterocycles. The van der Waals surface area contributed by atoms with E-state index in [2.05, 4.69) is 17.1 Å². The molecule has 0 spiro atoms. The van der Waals surface area contributed by atoms with Gasteiger partial charge >= 0.3 is 0 Å². The van der Waals surface area contributed by atoms with Gasteiger partial charge in [0, 0.05) is 55.3 Å². The molecule has 2 heterocycles. The van der Waals surface area contributed by atoms with Crippen molar-refractivity contribution in [2.45, 2.75) is 52.1 Å². The number of piperazine rings is 1. The normalized spacial score (nSPS) is 30.4. The number of ether oxygens (including phenoxy) is 1. The zero-order chi connectivity index (χ0) is 22.4. The summed E-state index contributed by atoms with van der Waals surface area (Å²) in [6, 6.07) is 3.25. The molecule has 4 aliphatic rings. The van der Waals surface area contributed by atoms with Crippen LogP contribution in [0.4, 0.5) is 10.1 Å². The molecule has 3 atom stereocenters. The number of anilines is 1. The van der Waals surface area contributed by atoms with Gasteiger partial charge in [-0.3, -0.25) is 14.5 Å². The van der Waals surface area contributed by atoms with Gasteiger partial charge in [0.1, 0.15) is 5.82 Å². The summed E-state index contributed by atoms with van der Waals surface area (Å²) in [5.41, 5.74) is 2.11. The lowest BCUT2D eigenvalue weighted by Crippen LogP contribution is -2.54. The highest BCUT2D eigenvalue weighted by molar-refractivity contribution is 5.95. The first-order chi connectivity index (χ1) is 15.4. The first-order valence-electron chi connectivity index (χ1n) is 12.1. The first kappa shape index (κ1) is 21.8. The van der Waals surface area contributed by atoms with Crippen molar-refractivity contribution in [1.82, 2.24) is 9.80 Å². The molecule has 2 amide bonds. The maximum absolute atomic E-state index is 14.8. The van der Waals surface area contributed by atoms with Crippen molar-refractivity contribution in [3.05, 3.63) is 29.1 Å². The lowest BCUT2D eigenvalue weighted by Gasteiger charge is -2.41. The number of amides is 2. The standard InChI is InChI=1S/C25H34FN3O3/c1-15-11-28(9-10-29(15)25(31)17-5-3-4-6-17)12-18-16(2)22(8-7-21(18)26)27-24(30)23-19-13-32-14-20(19)23/h7-8,15,17,19-20,23H,3-6,9-14H2,1-2H3,(H,27,30). The Morgan fingerprint density at radius 1 is 1.16 bits per heavy atom. The number of carbonyl (C=O) groups is 2. The smallest absolute Gasteiger partial charge is 0.228 e. The predicted molar refractivity (Wildman–Crippen MR) is 119 cm³/mol. The van der Waals surface area contributed by atoms with Crippen molar-refractivity contribution in [3.8, 4) is 0 Å². The molecule has 174 valence electrons. The minimum absolute atomic E-state index is 0.0246. The average Bonchev–Trinajstić information content (AvgIpc) is 3.16. The molecule has 7 heteroatoms. The number of nitrogens with one attached hydrogen (secondary N) is 1. The van der Waals surface area contributed by atoms with Gasteiger partial charge in [0.25, 0.3) is 0 Å². The Morgan fingerprint density at radius 3 is 2.56 bits per heavy atom. The van der Waals surface area contributed by atoms with E-state index < -0.39 is 0 Å². The van der Waals surface area contributed by atoms with Gasteiger partial charge < -0.3 is 15.0 Å². The van der Waals surface area contributed by atoms with Crippen molar-refractivity contribution in [2.24, 2.45) is 23.7 Å². The van der Waals surface area contributed by atoms with Crippen molar-refractivity contribution in [3.63, 3.8) is 0 Å². The second kappa shape index (κ2) is 8.75. The highest BCUT2D eigenvalue weighted by atomic mass is 19.1. The Morgan fingerprint density at radius 2 is 1.88 bits per heavy atom. The summed E-state index contributed by atoms with van der Waals surface area (Å²) in [5, 5.41) is 3.04. The molecule has 2 saturated carbocycles. The Hall–Kier alpha value is -1.99. The fourth-order valence-corrected chi connectivity index (χ4v) is 6.03. The van der Waals surface area contributed by atoms with Gasteiger partial charge in [-0.2, -0.15) is 0 Å². The fraction of sp³-hybridized carbons (Fsp3) is 0.680. The molecule has 0 bridgehead atoms. The van der Waals surface area contributed by atoms with Crippen LogP contribution in [-0.2, 0) is 20.9 Å². The average molecular weight is 444 g/mol.